The Kier molecular flexibility index (Phi) is 2.67. The number of pyridine rings is 2. The standard InChI is InChI=1S/C9H8BrClN4/c1-13-9-4-2-14-8(12)7(11)6(4)5(10)3-15-9/h2-3H,1H3,(H2,12,14)(H,13,15). The Morgan fingerprint density at radius 1 is 1.40 bits per heavy atom. The molecule has 0 radical (unpaired) electrons. The lowest BCUT2D eigenvalue weighted by molar-refractivity contribution is 1.28. The summed E-state index contributed by atoms with van der Waals surface area (Å²) in [6, 6.07) is 0. The molecular weight excluding hydrogens is 279 g/mol. The molecule has 0 aliphatic heterocycles. The lowest BCUT2D eigenvalue weighted by Gasteiger charge is -2.08. The molecular formula is C9H8BrClN4. The highest BCUT2D eigenvalue weighted by Crippen LogP contribution is 2.35. The highest BCUT2D eigenvalue weighted by Gasteiger charge is 2.11. The van der Waals surface area contributed by atoms with Gasteiger partial charge in [0.2, 0.25) is 0 Å². The second kappa shape index (κ2) is 3.83. The Morgan fingerprint density at radius 2 is 2.13 bits per heavy atom. The summed E-state index contributed by atoms with van der Waals surface area (Å²) in [5.74, 6) is 1.04. The number of nitrogens with one attached hydrogen (secondary N) is 1. The van der Waals surface area contributed by atoms with E-state index in [4.69, 9.17) is 17.3 Å². The van der Waals surface area contributed by atoms with Gasteiger partial charge >= 0.3 is 0 Å². The van der Waals surface area contributed by atoms with Crippen molar-refractivity contribution in [1.82, 2.24) is 9.97 Å². The van der Waals surface area contributed by atoms with Crippen LogP contribution in [0.15, 0.2) is 16.9 Å². The molecule has 4 nitrogen and oxygen atoms in total. The molecule has 3 N–H and O–H groups in total. The average Bonchev–Trinajstić information content (AvgIpc) is 2.24. The van der Waals surface area contributed by atoms with Gasteiger partial charge in [-0.1, -0.05) is 11.6 Å². The van der Waals surface area contributed by atoms with Crippen molar-refractivity contribution in [2.24, 2.45) is 0 Å². The predicted octanol–water partition coefficient (Wildman–Crippen LogP) is 2.67. The number of nitrogens with zero attached hydrogens (tertiary/aromatic N) is 2. The molecule has 0 spiro atoms. The number of nitrogens with two attached hydrogens (primary N) is 1. The first kappa shape index (κ1) is 10.4. The van der Waals surface area contributed by atoms with Crippen LogP contribution in [-0.2, 0) is 0 Å². The fourth-order valence-corrected chi connectivity index (χ4v) is 2.25. The van der Waals surface area contributed by atoms with Gasteiger partial charge in [0.05, 0.1) is 5.02 Å². The molecule has 0 fully saturated rings. The zero-order chi connectivity index (χ0) is 11.0. The lowest BCUT2D eigenvalue weighted by atomic mass is 10.2. The van der Waals surface area contributed by atoms with Crippen molar-refractivity contribution in [3.63, 3.8) is 0 Å². The van der Waals surface area contributed by atoms with Crippen LogP contribution in [0.2, 0.25) is 5.02 Å². The minimum absolute atomic E-state index is 0.318. The third kappa shape index (κ3) is 1.61. The van der Waals surface area contributed by atoms with Gasteiger partial charge in [0.25, 0.3) is 0 Å². The highest BCUT2D eigenvalue weighted by atomic mass is 79.9. The number of hydrogen-bond acceptors (Lipinski definition) is 4. The zero-order valence-electron chi connectivity index (χ0n) is 7.88. The number of fused-ring (bicyclic) bond motifs is 1. The van der Waals surface area contributed by atoms with E-state index in [2.05, 4.69) is 31.2 Å². The van der Waals surface area contributed by atoms with E-state index in [0.717, 1.165) is 21.1 Å². The first-order chi connectivity index (χ1) is 7.15. The largest absolute Gasteiger partial charge is 0.382 e. The maximum absolute atomic E-state index is 6.09. The fourth-order valence-electron chi connectivity index (χ4n) is 1.37. The summed E-state index contributed by atoms with van der Waals surface area (Å²) in [5.41, 5.74) is 5.64. The van der Waals surface area contributed by atoms with Gasteiger partial charge in [0.1, 0.15) is 11.6 Å². The molecule has 15 heavy (non-hydrogen) atoms. The van der Waals surface area contributed by atoms with E-state index >= 15 is 0 Å². The minimum atomic E-state index is 0.318. The van der Waals surface area contributed by atoms with E-state index in [0.29, 0.717) is 10.8 Å². The molecule has 2 aromatic heterocycles. The molecule has 0 amide bonds. The molecule has 0 unspecified atom stereocenters. The minimum Gasteiger partial charge on any atom is -0.382 e. The molecule has 2 heterocycles. The quantitative estimate of drug-likeness (QED) is 0.846. The molecule has 2 rings (SSSR count). The van der Waals surface area contributed by atoms with E-state index in [-0.39, 0.29) is 0 Å². The number of aromatic nitrogens is 2. The highest BCUT2D eigenvalue weighted by molar-refractivity contribution is 9.10. The topological polar surface area (TPSA) is 63.8 Å². The Bertz CT molecular complexity index is 529. The molecule has 0 saturated carbocycles. The van der Waals surface area contributed by atoms with E-state index < -0.39 is 0 Å². The van der Waals surface area contributed by atoms with Crippen molar-refractivity contribution in [1.29, 1.82) is 0 Å². The zero-order valence-corrected chi connectivity index (χ0v) is 10.2. The normalized spacial score (nSPS) is 10.6. The molecule has 0 aliphatic carbocycles. The number of nitrogen functional groups attached to an aromatic ring is 1. The fraction of sp³-hybridized carbons (Fsp3) is 0.111. The van der Waals surface area contributed by atoms with Crippen molar-refractivity contribution < 1.29 is 0 Å². The number of halogens is 2. The van der Waals surface area contributed by atoms with Gasteiger partial charge in [-0.25, -0.2) is 9.97 Å². The van der Waals surface area contributed by atoms with Crippen LogP contribution in [0.4, 0.5) is 11.6 Å². The summed E-state index contributed by atoms with van der Waals surface area (Å²) < 4.78 is 0.801. The van der Waals surface area contributed by atoms with Crippen molar-refractivity contribution in [3.05, 3.63) is 21.9 Å². The van der Waals surface area contributed by atoms with E-state index in [1.807, 2.05) is 0 Å². The van der Waals surface area contributed by atoms with E-state index in [1.165, 1.54) is 0 Å². The maximum atomic E-state index is 6.09. The predicted molar refractivity (Wildman–Crippen MR) is 66.2 cm³/mol. The lowest BCUT2D eigenvalue weighted by Crippen LogP contribution is -1.97. The van der Waals surface area contributed by atoms with Gasteiger partial charge in [0, 0.05) is 34.7 Å². The van der Waals surface area contributed by atoms with Crippen molar-refractivity contribution in [2.45, 2.75) is 0 Å². The second-order valence-corrected chi connectivity index (χ2v) is 4.18. The third-order valence-corrected chi connectivity index (χ3v) is 3.07. The first-order valence-electron chi connectivity index (χ1n) is 4.21. The van der Waals surface area contributed by atoms with Gasteiger partial charge in [-0.2, -0.15) is 0 Å². The molecule has 0 aromatic carbocycles. The van der Waals surface area contributed by atoms with Crippen LogP contribution in [0.25, 0.3) is 10.8 Å². The Morgan fingerprint density at radius 3 is 2.80 bits per heavy atom. The van der Waals surface area contributed by atoms with Crippen LogP contribution >= 0.6 is 27.5 Å². The summed E-state index contributed by atoms with van der Waals surface area (Å²) in [7, 11) is 1.79. The van der Waals surface area contributed by atoms with E-state index in [9.17, 15) is 0 Å². The summed E-state index contributed by atoms with van der Waals surface area (Å²) in [4.78, 5) is 8.20. The number of anilines is 2. The van der Waals surface area contributed by atoms with Crippen LogP contribution < -0.4 is 11.1 Å². The maximum Gasteiger partial charge on any atom is 0.142 e. The van der Waals surface area contributed by atoms with E-state index in [1.54, 1.807) is 19.4 Å². The Balaban J connectivity index is 2.93. The smallest absolute Gasteiger partial charge is 0.142 e. The van der Waals surface area contributed by atoms with Gasteiger partial charge < -0.3 is 11.1 Å². The molecule has 0 bridgehead atoms. The molecule has 0 aliphatic rings. The summed E-state index contributed by atoms with van der Waals surface area (Å²) in [5, 5.41) is 5.08. The SMILES string of the molecule is CNc1ncc(Br)c2c(Cl)c(N)ncc12. The Labute approximate surface area is 100.0 Å². The molecule has 0 atom stereocenters. The first-order valence-corrected chi connectivity index (χ1v) is 5.38. The number of rotatable bonds is 1. The third-order valence-electron chi connectivity index (χ3n) is 2.08. The van der Waals surface area contributed by atoms with Crippen LogP contribution in [0.5, 0.6) is 0 Å². The van der Waals surface area contributed by atoms with Gasteiger partial charge in [-0.05, 0) is 15.9 Å². The molecule has 6 heteroatoms. The number of hydrogen-bond donors (Lipinski definition) is 2. The summed E-state index contributed by atoms with van der Waals surface area (Å²) in [6.07, 6.45) is 3.33. The summed E-state index contributed by atoms with van der Waals surface area (Å²) >= 11 is 9.47. The Hall–Kier alpha value is -1.07. The average molecular weight is 288 g/mol. The molecule has 2 aromatic rings. The van der Waals surface area contributed by atoms with Gasteiger partial charge in [-0.15, -0.1) is 0 Å². The van der Waals surface area contributed by atoms with Crippen LogP contribution in [0.1, 0.15) is 0 Å². The van der Waals surface area contributed by atoms with Crippen LogP contribution in [0.3, 0.4) is 0 Å². The monoisotopic (exact) mass is 286 g/mol. The van der Waals surface area contributed by atoms with Crippen molar-refractivity contribution >= 4 is 49.9 Å². The molecule has 78 valence electrons. The van der Waals surface area contributed by atoms with Crippen LogP contribution in [0, 0.1) is 0 Å². The van der Waals surface area contributed by atoms with Crippen LogP contribution in [-0.4, -0.2) is 17.0 Å². The summed E-state index contributed by atoms with van der Waals surface area (Å²) in [6.45, 7) is 0. The molecule has 0 saturated heterocycles. The van der Waals surface area contributed by atoms with Gasteiger partial charge in [-0.3, -0.25) is 0 Å². The van der Waals surface area contributed by atoms with Crippen molar-refractivity contribution in [2.75, 3.05) is 18.1 Å². The van der Waals surface area contributed by atoms with Gasteiger partial charge in [0.15, 0.2) is 0 Å². The van der Waals surface area contributed by atoms with Crippen molar-refractivity contribution in [3.8, 4) is 0 Å². The second-order valence-electron chi connectivity index (χ2n) is 2.95.